The molecule has 2 atom stereocenters. The molecular formula is C14H15BrN2OS. The number of hydrogen-bond acceptors (Lipinski definition) is 3. The summed E-state index contributed by atoms with van der Waals surface area (Å²) in [6.07, 6.45) is 1.22. The number of fused-ring (bicyclic) bond motifs is 1. The SMILES string of the molecule is CC1CC1CNC(=O)c1sc2cccc(Br)c2c1N. The van der Waals surface area contributed by atoms with E-state index in [0.29, 0.717) is 16.5 Å². The van der Waals surface area contributed by atoms with Gasteiger partial charge in [0, 0.05) is 21.1 Å². The van der Waals surface area contributed by atoms with Crippen molar-refractivity contribution in [1.82, 2.24) is 5.32 Å². The third kappa shape index (κ3) is 2.37. The number of nitrogens with two attached hydrogens (primary N) is 1. The predicted molar refractivity (Wildman–Crippen MR) is 83.5 cm³/mol. The van der Waals surface area contributed by atoms with Crippen LogP contribution in [-0.4, -0.2) is 12.5 Å². The molecule has 1 aromatic carbocycles. The molecule has 1 fully saturated rings. The second kappa shape index (κ2) is 4.80. The van der Waals surface area contributed by atoms with Gasteiger partial charge in [-0.15, -0.1) is 11.3 Å². The average molecular weight is 339 g/mol. The van der Waals surface area contributed by atoms with Gasteiger partial charge in [-0.25, -0.2) is 0 Å². The lowest BCUT2D eigenvalue weighted by molar-refractivity contribution is 0.0956. The first-order valence-electron chi connectivity index (χ1n) is 6.32. The highest BCUT2D eigenvalue weighted by Crippen LogP contribution is 2.39. The molecule has 100 valence electrons. The summed E-state index contributed by atoms with van der Waals surface area (Å²) in [6.45, 7) is 2.97. The molecule has 3 N–H and O–H groups in total. The largest absolute Gasteiger partial charge is 0.397 e. The number of carbonyl (C=O) groups excluding carboxylic acids is 1. The quantitative estimate of drug-likeness (QED) is 0.897. The Morgan fingerprint density at radius 1 is 1.58 bits per heavy atom. The maximum absolute atomic E-state index is 12.2. The van der Waals surface area contributed by atoms with Gasteiger partial charge in [0.25, 0.3) is 5.91 Å². The fourth-order valence-electron chi connectivity index (χ4n) is 2.29. The van der Waals surface area contributed by atoms with Crippen molar-refractivity contribution in [2.45, 2.75) is 13.3 Å². The highest BCUT2D eigenvalue weighted by molar-refractivity contribution is 9.10. The van der Waals surface area contributed by atoms with Crippen molar-refractivity contribution in [2.75, 3.05) is 12.3 Å². The van der Waals surface area contributed by atoms with Gasteiger partial charge in [0.05, 0.1) is 5.69 Å². The zero-order chi connectivity index (χ0) is 13.6. The number of halogens is 1. The molecule has 1 saturated carbocycles. The number of carbonyl (C=O) groups is 1. The Bertz CT molecular complexity index is 652. The molecule has 5 heteroatoms. The topological polar surface area (TPSA) is 55.1 Å². The van der Waals surface area contributed by atoms with E-state index in [9.17, 15) is 4.79 Å². The van der Waals surface area contributed by atoms with Crippen LogP contribution in [0.1, 0.15) is 23.0 Å². The molecule has 19 heavy (non-hydrogen) atoms. The molecule has 0 spiro atoms. The van der Waals surface area contributed by atoms with E-state index in [0.717, 1.165) is 27.0 Å². The van der Waals surface area contributed by atoms with Crippen LogP contribution in [0.2, 0.25) is 0 Å². The van der Waals surface area contributed by atoms with Crippen molar-refractivity contribution in [3.8, 4) is 0 Å². The minimum atomic E-state index is -0.0512. The summed E-state index contributed by atoms with van der Waals surface area (Å²) in [5.41, 5.74) is 6.69. The smallest absolute Gasteiger partial charge is 0.263 e. The highest BCUT2D eigenvalue weighted by atomic mass is 79.9. The van der Waals surface area contributed by atoms with Crippen molar-refractivity contribution >= 4 is 48.9 Å². The monoisotopic (exact) mass is 338 g/mol. The normalized spacial score (nSPS) is 21.6. The molecule has 0 radical (unpaired) electrons. The van der Waals surface area contributed by atoms with Gasteiger partial charge in [0.1, 0.15) is 4.88 Å². The number of hydrogen-bond donors (Lipinski definition) is 2. The summed E-state index contributed by atoms with van der Waals surface area (Å²) in [7, 11) is 0. The molecule has 2 aromatic rings. The lowest BCUT2D eigenvalue weighted by Gasteiger charge is -2.03. The summed E-state index contributed by atoms with van der Waals surface area (Å²) < 4.78 is 1.98. The van der Waals surface area contributed by atoms with Crippen LogP contribution in [0.25, 0.3) is 10.1 Å². The van der Waals surface area contributed by atoms with Crippen LogP contribution in [0.3, 0.4) is 0 Å². The standard InChI is InChI=1S/C14H15BrN2OS/c1-7-5-8(7)6-17-14(18)13-12(16)11-9(15)3-2-4-10(11)19-13/h2-4,7-8H,5-6,16H2,1H3,(H,17,18). The third-order valence-electron chi connectivity index (χ3n) is 3.71. The minimum Gasteiger partial charge on any atom is -0.397 e. The summed E-state index contributed by atoms with van der Waals surface area (Å²) in [5, 5.41) is 3.93. The number of amides is 1. The molecule has 1 aliphatic rings. The number of rotatable bonds is 3. The zero-order valence-corrected chi connectivity index (χ0v) is 13.0. The van der Waals surface area contributed by atoms with Gasteiger partial charge in [-0.2, -0.15) is 0 Å². The number of nitrogen functional groups attached to an aromatic ring is 1. The molecule has 1 aromatic heterocycles. The third-order valence-corrected chi connectivity index (χ3v) is 5.54. The first kappa shape index (κ1) is 12.9. The summed E-state index contributed by atoms with van der Waals surface area (Å²) in [6, 6.07) is 5.88. The van der Waals surface area contributed by atoms with Crippen molar-refractivity contribution in [2.24, 2.45) is 11.8 Å². The number of thiophene rings is 1. The van der Waals surface area contributed by atoms with E-state index in [4.69, 9.17) is 5.73 Å². The highest BCUT2D eigenvalue weighted by Gasteiger charge is 2.32. The summed E-state index contributed by atoms with van der Waals surface area (Å²) >= 11 is 4.94. The van der Waals surface area contributed by atoms with Gasteiger partial charge in [-0.05, 0) is 30.4 Å². The van der Waals surface area contributed by atoms with E-state index >= 15 is 0 Å². The zero-order valence-electron chi connectivity index (χ0n) is 10.6. The molecule has 1 amide bonds. The average Bonchev–Trinajstić information content (AvgIpc) is 2.97. The summed E-state index contributed by atoms with van der Waals surface area (Å²) in [4.78, 5) is 12.8. The lowest BCUT2D eigenvalue weighted by atomic mass is 10.2. The Hall–Kier alpha value is -1.07. The van der Waals surface area contributed by atoms with Gasteiger partial charge in [0.15, 0.2) is 0 Å². The van der Waals surface area contributed by atoms with Gasteiger partial charge in [0.2, 0.25) is 0 Å². The van der Waals surface area contributed by atoms with Crippen LogP contribution in [0.5, 0.6) is 0 Å². The van der Waals surface area contributed by atoms with Crippen LogP contribution >= 0.6 is 27.3 Å². The van der Waals surface area contributed by atoms with Gasteiger partial charge >= 0.3 is 0 Å². The molecule has 0 saturated heterocycles. The van der Waals surface area contributed by atoms with E-state index < -0.39 is 0 Å². The maximum atomic E-state index is 12.2. The Balaban J connectivity index is 1.85. The first-order valence-corrected chi connectivity index (χ1v) is 7.93. The molecule has 1 aliphatic carbocycles. The predicted octanol–water partition coefficient (Wildman–Crippen LogP) is 3.63. The Morgan fingerprint density at radius 2 is 2.32 bits per heavy atom. The number of benzene rings is 1. The first-order chi connectivity index (χ1) is 9.08. The van der Waals surface area contributed by atoms with Crippen molar-refractivity contribution < 1.29 is 4.79 Å². The van der Waals surface area contributed by atoms with Crippen molar-refractivity contribution in [3.05, 3.63) is 27.5 Å². The molecule has 3 rings (SSSR count). The fourth-order valence-corrected chi connectivity index (χ4v) is 4.06. The number of anilines is 1. The van der Waals surface area contributed by atoms with E-state index in [1.54, 1.807) is 0 Å². The molecule has 3 nitrogen and oxygen atoms in total. The van der Waals surface area contributed by atoms with Gasteiger partial charge in [-0.3, -0.25) is 4.79 Å². The summed E-state index contributed by atoms with van der Waals surface area (Å²) in [5.74, 6) is 1.34. The van der Waals surface area contributed by atoms with Gasteiger partial charge in [-0.1, -0.05) is 28.9 Å². The Labute approximate surface area is 124 Å². The van der Waals surface area contributed by atoms with Crippen LogP contribution in [0, 0.1) is 11.8 Å². The van der Waals surface area contributed by atoms with Crippen LogP contribution < -0.4 is 11.1 Å². The maximum Gasteiger partial charge on any atom is 0.263 e. The van der Waals surface area contributed by atoms with Crippen LogP contribution in [-0.2, 0) is 0 Å². The molecular weight excluding hydrogens is 324 g/mol. The van der Waals surface area contributed by atoms with E-state index in [1.807, 2.05) is 18.2 Å². The lowest BCUT2D eigenvalue weighted by Crippen LogP contribution is -2.25. The van der Waals surface area contributed by atoms with Crippen molar-refractivity contribution in [1.29, 1.82) is 0 Å². The van der Waals surface area contributed by atoms with Crippen LogP contribution in [0.15, 0.2) is 22.7 Å². The molecule has 1 heterocycles. The van der Waals surface area contributed by atoms with E-state index in [1.165, 1.54) is 17.8 Å². The van der Waals surface area contributed by atoms with E-state index in [2.05, 4.69) is 28.2 Å². The minimum absolute atomic E-state index is 0.0512. The van der Waals surface area contributed by atoms with Crippen molar-refractivity contribution in [3.63, 3.8) is 0 Å². The van der Waals surface area contributed by atoms with E-state index in [-0.39, 0.29) is 5.91 Å². The molecule has 2 unspecified atom stereocenters. The second-order valence-electron chi connectivity index (χ2n) is 5.14. The molecule has 0 bridgehead atoms. The second-order valence-corrected chi connectivity index (χ2v) is 7.05. The Kier molecular flexibility index (Phi) is 3.27. The Morgan fingerprint density at radius 3 is 2.95 bits per heavy atom. The molecule has 0 aliphatic heterocycles. The van der Waals surface area contributed by atoms with Crippen LogP contribution in [0.4, 0.5) is 5.69 Å². The number of nitrogens with one attached hydrogen (secondary N) is 1. The fraction of sp³-hybridized carbons (Fsp3) is 0.357. The van der Waals surface area contributed by atoms with Gasteiger partial charge < -0.3 is 11.1 Å².